The molecule has 0 heterocycles. The van der Waals surface area contributed by atoms with Gasteiger partial charge in [-0.15, -0.1) is 0 Å². The average molecular weight is 117 g/mol. The minimum absolute atomic E-state index is 0.123. The number of hydrogen-bond acceptors (Lipinski definition) is 2. The molecule has 0 aliphatic heterocycles. The Bertz CT molecular complexity index is 31.5. The van der Waals surface area contributed by atoms with Crippen LogP contribution in [0.25, 0.3) is 0 Å². The highest BCUT2D eigenvalue weighted by Gasteiger charge is 1.82. The highest BCUT2D eigenvalue weighted by molar-refractivity contribution is 4.57. The lowest BCUT2D eigenvalue weighted by Gasteiger charge is -1.97. The highest BCUT2D eigenvalue weighted by atomic mass is 16.5. The van der Waals surface area contributed by atoms with Crippen molar-refractivity contribution < 1.29 is 9.84 Å². The third-order valence-corrected chi connectivity index (χ3v) is 0.760. The van der Waals surface area contributed by atoms with E-state index in [1.54, 1.807) is 0 Å². The molecule has 0 aliphatic carbocycles. The standard InChI is InChI=1S/C6H13O2/c1-2-3-5-8-6-4-7/h3,7H,2,4-6H2,1H3. The van der Waals surface area contributed by atoms with Crippen molar-refractivity contribution in [2.24, 2.45) is 0 Å². The maximum Gasteiger partial charge on any atom is 0.0697 e. The van der Waals surface area contributed by atoms with Crippen LogP contribution in [-0.4, -0.2) is 24.9 Å². The summed E-state index contributed by atoms with van der Waals surface area (Å²) in [4.78, 5) is 0. The van der Waals surface area contributed by atoms with Gasteiger partial charge in [0.25, 0.3) is 0 Å². The minimum atomic E-state index is 0.123. The molecular weight excluding hydrogens is 104 g/mol. The second-order valence-electron chi connectivity index (χ2n) is 1.50. The summed E-state index contributed by atoms with van der Waals surface area (Å²) in [6, 6.07) is 0. The molecule has 0 aromatic heterocycles. The molecule has 0 fully saturated rings. The van der Waals surface area contributed by atoms with Gasteiger partial charge in [0.15, 0.2) is 0 Å². The fourth-order valence-corrected chi connectivity index (χ4v) is 0.349. The van der Waals surface area contributed by atoms with Crippen LogP contribution in [0.5, 0.6) is 0 Å². The lowest BCUT2D eigenvalue weighted by Crippen LogP contribution is -2.00. The van der Waals surface area contributed by atoms with Crippen molar-refractivity contribution in [3.8, 4) is 0 Å². The molecular formula is C6H13O2. The van der Waals surface area contributed by atoms with Crippen LogP contribution in [-0.2, 0) is 4.74 Å². The quantitative estimate of drug-likeness (QED) is 0.534. The normalized spacial score (nSPS) is 9.75. The topological polar surface area (TPSA) is 29.5 Å². The first-order chi connectivity index (χ1) is 3.91. The van der Waals surface area contributed by atoms with Crippen molar-refractivity contribution in [2.45, 2.75) is 13.3 Å². The Morgan fingerprint density at radius 1 is 1.62 bits per heavy atom. The van der Waals surface area contributed by atoms with E-state index < -0.39 is 0 Å². The molecule has 1 N–H and O–H groups in total. The molecule has 0 saturated heterocycles. The summed E-state index contributed by atoms with van der Waals surface area (Å²) in [6.07, 6.45) is 3.06. The van der Waals surface area contributed by atoms with E-state index in [0.29, 0.717) is 13.2 Å². The number of aliphatic hydroxyl groups is 1. The van der Waals surface area contributed by atoms with E-state index in [-0.39, 0.29) is 6.61 Å². The van der Waals surface area contributed by atoms with Gasteiger partial charge in [-0.3, -0.25) is 0 Å². The van der Waals surface area contributed by atoms with Crippen LogP contribution in [0.3, 0.4) is 0 Å². The SMILES string of the molecule is CC[CH]COCCO. The molecule has 0 aliphatic rings. The van der Waals surface area contributed by atoms with Gasteiger partial charge in [-0.2, -0.15) is 0 Å². The van der Waals surface area contributed by atoms with Crippen LogP contribution in [0.4, 0.5) is 0 Å². The zero-order valence-corrected chi connectivity index (χ0v) is 5.26. The van der Waals surface area contributed by atoms with E-state index in [4.69, 9.17) is 9.84 Å². The monoisotopic (exact) mass is 117 g/mol. The molecule has 0 amide bonds. The van der Waals surface area contributed by atoms with Gasteiger partial charge >= 0.3 is 0 Å². The Morgan fingerprint density at radius 3 is 2.88 bits per heavy atom. The summed E-state index contributed by atoms with van der Waals surface area (Å²) < 4.78 is 4.92. The van der Waals surface area contributed by atoms with Crippen LogP contribution >= 0.6 is 0 Å². The van der Waals surface area contributed by atoms with Gasteiger partial charge in [0.1, 0.15) is 0 Å². The zero-order valence-electron chi connectivity index (χ0n) is 5.26. The molecule has 1 radical (unpaired) electrons. The lowest BCUT2D eigenvalue weighted by molar-refractivity contribution is 0.105. The van der Waals surface area contributed by atoms with Gasteiger partial charge in [0.2, 0.25) is 0 Å². The Kier molecular flexibility index (Phi) is 6.85. The van der Waals surface area contributed by atoms with Crippen molar-refractivity contribution in [1.82, 2.24) is 0 Å². The summed E-state index contributed by atoms with van der Waals surface area (Å²) in [5, 5.41) is 8.23. The van der Waals surface area contributed by atoms with Gasteiger partial charge in [-0.25, -0.2) is 0 Å². The van der Waals surface area contributed by atoms with Crippen molar-refractivity contribution in [1.29, 1.82) is 0 Å². The highest BCUT2D eigenvalue weighted by Crippen LogP contribution is 1.84. The number of ether oxygens (including phenoxy) is 1. The maximum absolute atomic E-state index is 8.23. The summed E-state index contributed by atoms with van der Waals surface area (Å²) >= 11 is 0. The first-order valence-corrected chi connectivity index (χ1v) is 2.92. The van der Waals surface area contributed by atoms with Gasteiger partial charge in [0, 0.05) is 6.61 Å². The molecule has 0 aromatic rings. The Labute approximate surface area is 50.5 Å². The second kappa shape index (κ2) is 6.92. The fraction of sp³-hybridized carbons (Fsp3) is 0.833. The van der Waals surface area contributed by atoms with Gasteiger partial charge in [0.05, 0.1) is 13.2 Å². The van der Waals surface area contributed by atoms with E-state index in [2.05, 4.69) is 6.92 Å². The fourth-order valence-electron chi connectivity index (χ4n) is 0.349. The van der Waals surface area contributed by atoms with Gasteiger partial charge in [-0.1, -0.05) is 13.3 Å². The van der Waals surface area contributed by atoms with Crippen molar-refractivity contribution in [2.75, 3.05) is 19.8 Å². The summed E-state index contributed by atoms with van der Waals surface area (Å²) in [5.74, 6) is 0. The smallest absolute Gasteiger partial charge is 0.0697 e. The molecule has 8 heavy (non-hydrogen) atoms. The molecule has 0 bridgehead atoms. The van der Waals surface area contributed by atoms with Gasteiger partial charge < -0.3 is 9.84 Å². The van der Waals surface area contributed by atoms with Crippen LogP contribution in [0.1, 0.15) is 13.3 Å². The zero-order chi connectivity index (χ0) is 6.24. The molecule has 0 atom stereocenters. The Balaban J connectivity index is 2.53. The van der Waals surface area contributed by atoms with Crippen molar-refractivity contribution in [3.05, 3.63) is 6.42 Å². The predicted molar refractivity (Wildman–Crippen MR) is 32.5 cm³/mol. The average Bonchev–Trinajstić information content (AvgIpc) is 1.81. The predicted octanol–water partition coefficient (Wildman–Crippen LogP) is 0.610. The molecule has 2 heteroatoms. The van der Waals surface area contributed by atoms with E-state index >= 15 is 0 Å². The largest absolute Gasteiger partial charge is 0.394 e. The third-order valence-electron chi connectivity index (χ3n) is 0.760. The summed E-state index contributed by atoms with van der Waals surface area (Å²) in [5.41, 5.74) is 0. The third kappa shape index (κ3) is 5.92. The summed E-state index contributed by atoms with van der Waals surface area (Å²) in [7, 11) is 0. The van der Waals surface area contributed by atoms with Crippen molar-refractivity contribution in [3.63, 3.8) is 0 Å². The molecule has 0 aromatic carbocycles. The molecule has 0 unspecified atom stereocenters. The van der Waals surface area contributed by atoms with E-state index in [9.17, 15) is 0 Å². The molecule has 2 nitrogen and oxygen atoms in total. The Hall–Kier alpha value is -0.0800. The van der Waals surface area contributed by atoms with E-state index in [1.165, 1.54) is 0 Å². The van der Waals surface area contributed by atoms with E-state index in [1.807, 2.05) is 6.42 Å². The van der Waals surface area contributed by atoms with Crippen LogP contribution in [0.2, 0.25) is 0 Å². The van der Waals surface area contributed by atoms with Crippen LogP contribution < -0.4 is 0 Å². The van der Waals surface area contributed by atoms with E-state index in [0.717, 1.165) is 6.42 Å². The van der Waals surface area contributed by atoms with Crippen LogP contribution in [0.15, 0.2) is 0 Å². The first-order valence-electron chi connectivity index (χ1n) is 2.92. The lowest BCUT2D eigenvalue weighted by atomic mass is 10.4. The summed E-state index contributed by atoms with van der Waals surface area (Å²) in [6.45, 7) is 3.30. The molecule has 0 saturated carbocycles. The number of rotatable bonds is 5. The second-order valence-corrected chi connectivity index (χ2v) is 1.50. The van der Waals surface area contributed by atoms with Gasteiger partial charge in [-0.05, 0) is 6.42 Å². The minimum Gasteiger partial charge on any atom is -0.394 e. The first kappa shape index (κ1) is 7.92. The van der Waals surface area contributed by atoms with Crippen LogP contribution in [0, 0.1) is 6.42 Å². The Morgan fingerprint density at radius 2 is 2.38 bits per heavy atom. The molecule has 49 valence electrons. The number of unbranched alkanes of at least 4 members (excludes halogenated alkanes) is 1. The molecule has 0 rings (SSSR count). The maximum atomic E-state index is 8.23. The van der Waals surface area contributed by atoms with Crippen molar-refractivity contribution >= 4 is 0 Å². The number of hydrogen-bond donors (Lipinski definition) is 1. The molecule has 0 spiro atoms. The number of aliphatic hydroxyl groups excluding tert-OH is 1.